The molecule has 3 nitrogen and oxygen atoms in total. The lowest BCUT2D eigenvalue weighted by Gasteiger charge is -2.08. The van der Waals surface area contributed by atoms with E-state index in [4.69, 9.17) is 22.3 Å². The Morgan fingerprint density at radius 1 is 1.42 bits per heavy atom. The number of benzene rings is 1. The first-order valence-electron chi connectivity index (χ1n) is 6.27. The second-order valence-electron chi connectivity index (χ2n) is 4.73. The number of rotatable bonds is 3. The summed E-state index contributed by atoms with van der Waals surface area (Å²) in [6.45, 7) is 7.14. The van der Waals surface area contributed by atoms with Crippen molar-refractivity contribution in [3.8, 4) is 11.3 Å². The first-order valence-corrected chi connectivity index (χ1v) is 7.44. The van der Waals surface area contributed by atoms with Crippen LogP contribution in [0.5, 0.6) is 0 Å². The molecular weight excluding hydrogens is 326 g/mol. The summed E-state index contributed by atoms with van der Waals surface area (Å²) in [4.78, 5) is 4.70. The summed E-state index contributed by atoms with van der Waals surface area (Å²) in [5, 5.41) is 0.682. The summed E-state index contributed by atoms with van der Waals surface area (Å²) < 4.78 is 2.91. The molecule has 102 valence electrons. The van der Waals surface area contributed by atoms with Crippen LogP contribution < -0.4 is 5.73 Å². The Bertz CT molecular complexity index is 605. The zero-order valence-corrected chi connectivity index (χ0v) is 13.6. The van der Waals surface area contributed by atoms with Crippen LogP contribution in [0.25, 0.3) is 11.3 Å². The molecule has 2 rings (SSSR count). The molecule has 19 heavy (non-hydrogen) atoms. The lowest BCUT2D eigenvalue weighted by Crippen LogP contribution is -2.06. The Morgan fingerprint density at radius 3 is 2.58 bits per heavy atom. The van der Waals surface area contributed by atoms with E-state index in [-0.39, 0.29) is 0 Å². The molecule has 1 aromatic carbocycles. The number of nitrogen functional groups attached to an aromatic ring is 1. The SMILES string of the molecule is CCn1c(C(C)C)nc(-c2ccc(Cl)c(Br)c2)c1N. The normalized spacial score (nSPS) is 11.3. The molecule has 1 aromatic heterocycles. The van der Waals surface area contributed by atoms with Crippen LogP contribution in [-0.4, -0.2) is 9.55 Å². The van der Waals surface area contributed by atoms with Gasteiger partial charge in [0.25, 0.3) is 0 Å². The van der Waals surface area contributed by atoms with Gasteiger partial charge in [-0.1, -0.05) is 31.5 Å². The third kappa shape index (κ3) is 2.65. The lowest BCUT2D eigenvalue weighted by molar-refractivity contribution is 0.658. The van der Waals surface area contributed by atoms with Crippen molar-refractivity contribution >= 4 is 33.3 Å². The Balaban J connectivity index is 2.59. The van der Waals surface area contributed by atoms with E-state index in [1.165, 1.54) is 0 Å². The van der Waals surface area contributed by atoms with Crippen LogP contribution >= 0.6 is 27.5 Å². The fraction of sp³-hybridized carbons (Fsp3) is 0.357. The second-order valence-corrected chi connectivity index (χ2v) is 5.99. The van der Waals surface area contributed by atoms with Crippen molar-refractivity contribution in [3.05, 3.63) is 33.5 Å². The summed E-state index contributed by atoms with van der Waals surface area (Å²) in [6.07, 6.45) is 0. The molecule has 2 N–H and O–H groups in total. The molecule has 0 aliphatic carbocycles. The maximum absolute atomic E-state index is 6.22. The monoisotopic (exact) mass is 341 g/mol. The molecule has 2 aromatic rings. The highest BCUT2D eigenvalue weighted by Gasteiger charge is 2.17. The minimum absolute atomic E-state index is 0.340. The topological polar surface area (TPSA) is 43.8 Å². The average molecular weight is 343 g/mol. The fourth-order valence-corrected chi connectivity index (χ4v) is 2.61. The van der Waals surface area contributed by atoms with E-state index < -0.39 is 0 Å². The van der Waals surface area contributed by atoms with Gasteiger partial charge in [-0.25, -0.2) is 4.98 Å². The molecule has 0 amide bonds. The number of halogens is 2. The van der Waals surface area contributed by atoms with Gasteiger partial charge in [-0.3, -0.25) is 0 Å². The van der Waals surface area contributed by atoms with Crippen molar-refractivity contribution < 1.29 is 0 Å². The van der Waals surface area contributed by atoms with Gasteiger partial charge >= 0.3 is 0 Å². The molecule has 0 saturated carbocycles. The van der Waals surface area contributed by atoms with Gasteiger partial charge in [-0.2, -0.15) is 0 Å². The number of nitrogens with zero attached hydrogens (tertiary/aromatic N) is 2. The van der Waals surface area contributed by atoms with E-state index in [1.807, 2.05) is 18.2 Å². The molecule has 0 saturated heterocycles. The van der Waals surface area contributed by atoms with Gasteiger partial charge in [0, 0.05) is 22.5 Å². The minimum atomic E-state index is 0.340. The highest BCUT2D eigenvalue weighted by Crippen LogP contribution is 2.33. The number of aromatic nitrogens is 2. The fourth-order valence-electron chi connectivity index (χ4n) is 2.11. The third-order valence-electron chi connectivity index (χ3n) is 3.06. The first-order chi connectivity index (χ1) is 8.95. The second kappa shape index (κ2) is 5.55. The molecule has 5 heteroatoms. The van der Waals surface area contributed by atoms with Crippen molar-refractivity contribution in [3.63, 3.8) is 0 Å². The number of nitrogens with two attached hydrogens (primary N) is 1. The van der Waals surface area contributed by atoms with Crippen LogP contribution in [0.15, 0.2) is 22.7 Å². The quantitative estimate of drug-likeness (QED) is 0.879. The van der Waals surface area contributed by atoms with Gasteiger partial charge in [-0.15, -0.1) is 0 Å². The lowest BCUT2D eigenvalue weighted by atomic mass is 10.1. The molecule has 0 spiro atoms. The number of anilines is 1. The third-order valence-corrected chi connectivity index (χ3v) is 4.28. The van der Waals surface area contributed by atoms with Crippen molar-refractivity contribution in [1.82, 2.24) is 9.55 Å². The molecule has 0 atom stereocenters. The van der Waals surface area contributed by atoms with E-state index in [0.29, 0.717) is 16.8 Å². The Labute approximate surface area is 126 Å². The van der Waals surface area contributed by atoms with Crippen LogP contribution in [-0.2, 0) is 6.54 Å². The van der Waals surface area contributed by atoms with E-state index in [0.717, 1.165) is 28.1 Å². The molecule has 0 aliphatic heterocycles. The van der Waals surface area contributed by atoms with Crippen molar-refractivity contribution in [2.75, 3.05) is 5.73 Å². The summed E-state index contributed by atoms with van der Waals surface area (Å²) in [5.41, 5.74) is 8.02. The van der Waals surface area contributed by atoms with Gasteiger partial charge in [0.15, 0.2) is 0 Å². The summed E-state index contributed by atoms with van der Waals surface area (Å²) >= 11 is 9.45. The van der Waals surface area contributed by atoms with E-state index in [9.17, 15) is 0 Å². The predicted octanol–water partition coefficient (Wildman–Crippen LogP) is 4.69. The first kappa shape index (κ1) is 14.4. The van der Waals surface area contributed by atoms with Crippen LogP contribution in [0.4, 0.5) is 5.82 Å². The Hall–Kier alpha value is -1.00. The number of hydrogen-bond donors (Lipinski definition) is 1. The summed E-state index contributed by atoms with van der Waals surface area (Å²) in [5.74, 6) is 2.06. The van der Waals surface area contributed by atoms with Crippen molar-refractivity contribution in [2.45, 2.75) is 33.2 Å². The Kier molecular flexibility index (Phi) is 4.21. The highest BCUT2D eigenvalue weighted by molar-refractivity contribution is 9.10. The average Bonchev–Trinajstić information content (AvgIpc) is 2.70. The molecule has 1 heterocycles. The molecule has 0 aliphatic rings. The molecule has 0 radical (unpaired) electrons. The van der Waals surface area contributed by atoms with Gasteiger partial charge in [0.2, 0.25) is 0 Å². The van der Waals surface area contributed by atoms with E-state index in [1.54, 1.807) is 0 Å². The zero-order valence-electron chi connectivity index (χ0n) is 11.2. The number of hydrogen-bond acceptors (Lipinski definition) is 2. The Morgan fingerprint density at radius 2 is 2.11 bits per heavy atom. The molecule has 0 bridgehead atoms. The minimum Gasteiger partial charge on any atom is -0.383 e. The van der Waals surface area contributed by atoms with Crippen molar-refractivity contribution in [1.29, 1.82) is 0 Å². The number of imidazole rings is 1. The molecular formula is C14H17BrClN3. The zero-order chi connectivity index (χ0) is 14.2. The standard InChI is InChI=1S/C14H17BrClN3/c1-4-19-13(17)12(18-14(19)8(2)3)9-5-6-11(16)10(15)7-9/h5-8H,4,17H2,1-3H3. The van der Waals surface area contributed by atoms with Crippen molar-refractivity contribution in [2.24, 2.45) is 0 Å². The van der Waals surface area contributed by atoms with Crippen LogP contribution in [0, 0.1) is 0 Å². The molecule has 0 fully saturated rings. The van der Waals surface area contributed by atoms with Gasteiger partial charge < -0.3 is 10.3 Å². The van der Waals surface area contributed by atoms with Crippen LogP contribution in [0.1, 0.15) is 32.5 Å². The smallest absolute Gasteiger partial charge is 0.131 e. The van der Waals surface area contributed by atoms with E-state index in [2.05, 4.69) is 41.3 Å². The largest absolute Gasteiger partial charge is 0.383 e. The van der Waals surface area contributed by atoms with Crippen LogP contribution in [0.2, 0.25) is 5.02 Å². The van der Waals surface area contributed by atoms with Gasteiger partial charge in [-0.05, 0) is 35.0 Å². The maximum atomic E-state index is 6.22. The maximum Gasteiger partial charge on any atom is 0.131 e. The predicted molar refractivity (Wildman–Crippen MR) is 84.5 cm³/mol. The molecule has 0 unspecified atom stereocenters. The van der Waals surface area contributed by atoms with Crippen LogP contribution in [0.3, 0.4) is 0 Å². The van der Waals surface area contributed by atoms with Gasteiger partial charge in [0.05, 0.1) is 5.02 Å². The van der Waals surface area contributed by atoms with E-state index >= 15 is 0 Å². The highest BCUT2D eigenvalue weighted by atomic mass is 79.9. The summed E-state index contributed by atoms with van der Waals surface area (Å²) in [6, 6.07) is 5.74. The van der Waals surface area contributed by atoms with Gasteiger partial charge in [0.1, 0.15) is 17.3 Å². The summed E-state index contributed by atoms with van der Waals surface area (Å²) in [7, 11) is 0.